The number of urea groups is 1. The Balaban J connectivity index is 2.15. The van der Waals surface area contributed by atoms with Gasteiger partial charge in [-0.25, -0.2) is 18.0 Å². The van der Waals surface area contributed by atoms with Gasteiger partial charge in [-0.3, -0.25) is 0 Å². The van der Waals surface area contributed by atoms with Crippen molar-refractivity contribution in [1.29, 1.82) is 0 Å². The van der Waals surface area contributed by atoms with Gasteiger partial charge in [-0.05, 0) is 6.92 Å². The van der Waals surface area contributed by atoms with Crippen molar-refractivity contribution in [1.82, 2.24) is 10.2 Å². The first-order chi connectivity index (χ1) is 9.43. The second kappa shape index (κ2) is 5.60. The van der Waals surface area contributed by atoms with Gasteiger partial charge >= 0.3 is 6.03 Å². The lowest BCUT2D eigenvalue weighted by atomic mass is 10.1. The Kier molecular flexibility index (Phi) is 4.06. The third-order valence-corrected chi connectivity index (χ3v) is 3.44. The van der Waals surface area contributed by atoms with E-state index in [9.17, 15) is 18.0 Å². The SMILES string of the molecule is CNC(=O)N1CCN(c2cc(F)c(F)c(F)c2)C[C@H]1C. The molecule has 1 aliphatic rings. The van der Waals surface area contributed by atoms with Crippen LogP contribution < -0.4 is 10.2 Å². The standard InChI is InChI=1S/C13H16F3N3O/c1-8-7-18(3-4-19(8)13(20)17-2)9-5-10(14)12(16)11(15)6-9/h5-6,8H,3-4,7H2,1-2H3,(H,17,20)/t8-/m1/s1. The van der Waals surface area contributed by atoms with Crippen LogP contribution in [0.5, 0.6) is 0 Å². The van der Waals surface area contributed by atoms with Crippen LogP contribution >= 0.6 is 0 Å². The summed E-state index contributed by atoms with van der Waals surface area (Å²) in [6, 6.07) is 1.65. The zero-order valence-corrected chi connectivity index (χ0v) is 11.3. The smallest absolute Gasteiger partial charge is 0.317 e. The largest absolute Gasteiger partial charge is 0.368 e. The summed E-state index contributed by atoms with van der Waals surface area (Å²) in [4.78, 5) is 15.0. The number of nitrogens with zero attached hydrogens (tertiary/aromatic N) is 2. The fourth-order valence-electron chi connectivity index (χ4n) is 2.36. The molecule has 0 aromatic heterocycles. The van der Waals surface area contributed by atoms with E-state index in [-0.39, 0.29) is 17.8 Å². The maximum Gasteiger partial charge on any atom is 0.317 e. The van der Waals surface area contributed by atoms with Gasteiger partial charge in [-0.1, -0.05) is 0 Å². The average Bonchev–Trinajstić information content (AvgIpc) is 2.43. The summed E-state index contributed by atoms with van der Waals surface area (Å²) in [6.45, 7) is 3.14. The molecule has 1 atom stereocenters. The minimum Gasteiger partial charge on any atom is -0.368 e. The minimum atomic E-state index is -1.47. The van der Waals surface area contributed by atoms with Crippen LogP contribution in [-0.4, -0.2) is 43.7 Å². The van der Waals surface area contributed by atoms with Gasteiger partial charge in [0.1, 0.15) is 0 Å². The second-order valence-corrected chi connectivity index (χ2v) is 4.77. The number of hydrogen-bond donors (Lipinski definition) is 1. The first kappa shape index (κ1) is 14.5. The summed E-state index contributed by atoms with van der Waals surface area (Å²) < 4.78 is 39.4. The van der Waals surface area contributed by atoms with Crippen LogP contribution in [0.3, 0.4) is 0 Å². The van der Waals surface area contributed by atoms with E-state index in [0.717, 1.165) is 12.1 Å². The molecule has 4 nitrogen and oxygen atoms in total. The molecule has 110 valence electrons. The molecule has 1 heterocycles. The van der Waals surface area contributed by atoms with Crippen LogP contribution in [0.2, 0.25) is 0 Å². The number of carbonyl (C=O) groups is 1. The predicted octanol–water partition coefficient (Wildman–Crippen LogP) is 1.95. The Morgan fingerprint density at radius 1 is 1.25 bits per heavy atom. The molecule has 0 saturated carbocycles. The van der Waals surface area contributed by atoms with E-state index in [1.165, 1.54) is 0 Å². The summed E-state index contributed by atoms with van der Waals surface area (Å²) in [5.41, 5.74) is 0.282. The monoisotopic (exact) mass is 287 g/mol. The van der Waals surface area contributed by atoms with Crippen molar-refractivity contribution in [3.63, 3.8) is 0 Å². The molecule has 2 amide bonds. The number of carbonyl (C=O) groups excluding carboxylic acids is 1. The highest BCUT2D eigenvalue weighted by Gasteiger charge is 2.27. The fourth-order valence-corrected chi connectivity index (χ4v) is 2.36. The van der Waals surface area contributed by atoms with Crippen LogP contribution in [0.4, 0.5) is 23.7 Å². The number of hydrogen-bond acceptors (Lipinski definition) is 2. The molecule has 0 spiro atoms. The van der Waals surface area contributed by atoms with Gasteiger partial charge in [0.25, 0.3) is 0 Å². The summed E-state index contributed by atoms with van der Waals surface area (Å²) in [5, 5.41) is 2.54. The van der Waals surface area contributed by atoms with Crippen molar-refractivity contribution in [2.24, 2.45) is 0 Å². The number of benzene rings is 1. The molecule has 1 aromatic rings. The average molecular weight is 287 g/mol. The predicted molar refractivity (Wildman–Crippen MR) is 69.2 cm³/mol. The molecule has 1 aromatic carbocycles. The van der Waals surface area contributed by atoms with Crippen molar-refractivity contribution in [2.45, 2.75) is 13.0 Å². The molecule has 1 aliphatic heterocycles. The molecule has 0 radical (unpaired) electrons. The van der Waals surface area contributed by atoms with Crippen molar-refractivity contribution in [2.75, 3.05) is 31.6 Å². The molecule has 1 fully saturated rings. The molecule has 7 heteroatoms. The quantitative estimate of drug-likeness (QED) is 0.801. The van der Waals surface area contributed by atoms with E-state index in [1.54, 1.807) is 16.8 Å². The second-order valence-electron chi connectivity index (χ2n) is 4.77. The highest BCUT2D eigenvalue weighted by atomic mass is 19.2. The number of amides is 2. The first-order valence-corrected chi connectivity index (χ1v) is 6.32. The minimum absolute atomic E-state index is 0.111. The van der Waals surface area contributed by atoms with E-state index in [0.29, 0.717) is 19.6 Å². The van der Waals surface area contributed by atoms with Crippen molar-refractivity contribution < 1.29 is 18.0 Å². The zero-order valence-electron chi connectivity index (χ0n) is 11.3. The number of halogens is 3. The molecule has 1 saturated heterocycles. The maximum atomic E-state index is 13.2. The van der Waals surface area contributed by atoms with Crippen LogP contribution in [0.1, 0.15) is 6.92 Å². The van der Waals surface area contributed by atoms with Crippen LogP contribution in [0.15, 0.2) is 12.1 Å². The van der Waals surface area contributed by atoms with Gasteiger partial charge in [0.15, 0.2) is 17.5 Å². The van der Waals surface area contributed by atoms with Gasteiger partial charge in [0.05, 0.1) is 0 Å². The number of rotatable bonds is 1. The van der Waals surface area contributed by atoms with Crippen LogP contribution in [-0.2, 0) is 0 Å². The van der Waals surface area contributed by atoms with E-state index in [1.807, 2.05) is 6.92 Å². The Morgan fingerprint density at radius 2 is 1.85 bits per heavy atom. The Morgan fingerprint density at radius 3 is 2.35 bits per heavy atom. The lowest BCUT2D eigenvalue weighted by Gasteiger charge is -2.40. The summed E-state index contributed by atoms with van der Waals surface area (Å²) in [5.74, 6) is -3.88. The van der Waals surface area contributed by atoms with E-state index in [2.05, 4.69) is 5.32 Å². The third-order valence-electron chi connectivity index (χ3n) is 3.44. The number of nitrogens with one attached hydrogen (secondary N) is 1. The van der Waals surface area contributed by atoms with E-state index < -0.39 is 17.5 Å². The normalized spacial score (nSPS) is 19.1. The van der Waals surface area contributed by atoms with Gasteiger partial charge in [0, 0.05) is 50.5 Å². The van der Waals surface area contributed by atoms with E-state index >= 15 is 0 Å². The molecular formula is C13H16F3N3O. The molecule has 2 rings (SSSR count). The Bertz CT molecular complexity index is 501. The molecule has 0 aliphatic carbocycles. The van der Waals surface area contributed by atoms with Crippen molar-refractivity contribution in [3.05, 3.63) is 29.6 Å². The van der Waals surface area contributed by atoms with Crippen molar-refractivity contribution in [3.8, 4) is 0 Å². The van der Waals surface area contributed by atoms with Gasteiger partial charge in [0.2, 0.25) is 0 Å². The van der Waals surface area contributed by atoms with E-state index in [4.69, 9.17) is 0 Å². The lowest BCUT2D eigenvalue weighted by molar-refractivity contribution is 0.173. The third kappa shape index (κ3) is 2.66. The highest BCUT2D eigenvalue weighted by Crippen LogP contribution is 2.23. The molecule has 0 bridgehead atoms. The Hall–Kier alpha value is -1.92. The van der Waals surface area contributed by atoms with Gasteiger partial charge < -0.3 is 15.1 Å². The highest BCUT2D eigenvalue weighted by molar-refractivity contribution is 5.74. The Labute approximate surface area is 115 Å². The summed E-state index contributed by atoms with van der Waals surface area (Å²) in [7, 11) is 1.55. The number of piperazine rings is 1. The zero-order chi connectivity index (χ0) is 14.9. The molecule has 20 heavy (non-hydrogen) atoms. The first-order valence-electron chi connectivity index (χ1n) is 6.32. The summed E-state index contributed by atoms with van der Waals surface area (Å²) in [6.07, 6.45) is 0. The molecule has 1 N–H and O–H groups in total. The van der Waals surface area contributed by atoms with Gasteiger partial charge in [-0.2, -0.15) is 0 Å². The summed E-state index contributed by atoms with van der Waals surface area (Å²) >= 11 is 0. The topological polar surface area (TPSA) is 35.6 Å². The lowest BCUT2D eigenvalue weighted by Crippen LogP contribution is -2.56. The fraction of sp³-hybridized carbons (Fsp3) is 0.462. The maximum absolute atomic E-state index is 13.2. The van der Waals surface area contributed by atoms with Crippen LogP contribution in [0, 0.1) is 17.5 Å². The van der Waals surface area contributed by atoms with Crippen LogP contribution in [0.25, 0.3) is 0 Å². The van der Waals surface area contributed by atoms with Crippen molar-refractivity contribution >= 4 is 11.7 Å². The molecule has 0 unspecified atom stereocenters. The molecular weight excluding hydrogens is 271 g/mol. The van der Waals surface area contributed by atoms with Gasteiger partial charge in [-0.15, -0.1) is 0 Å². The number of anilines is 1.